The van der Waals surface area contributed by atoms with Crippen molar-refractivity contribution in [1.82, 2.24) is 5.32 Å². The lowest BCUT2D eigenvalue weighted by atomic mass is 10.2. The minimum absolute atomic E-state index is 0.134. The molecule has 0 aliphatic heterocycles. The third-order valence-electron chi connectivity index (χ3n) is 2.47. The SMILES string of the molecule is COc1cc(Cl)ccc1C(=O)NCCCC(C)Br. The topological polar surface area (TPSA) is 38.3 Å². The number of halogens is 2. The van der Waals surface area contributed by atoms with Crippen molar-refractivity contribution in [2.24, 2.45) is 0 Å². The lowest BCUT2D eigenvalue weighted by Gasteiger charge is -2.10. The van der Waals surface area contributed by atoms with Gasteiger partial charge in [-0.25, -0.2) is 0 Å². The van der Waals surface area contributed by atoms with Crippen LogP contribution in [0.1, 0.15) is 30.1 Å². The number of carbonyl (C=O) groups is 1. The van der Waals surface area contributed by atoms with Gasteiger partial charge < -0.3 is 10.1 Å². The molecule has 0 aliphatic rings. The van der Waals surface area contributed by atoms with Crippen molar-refractivity contribution in [1.29, 1.82) is 0 Å². The molecule has 1 unspecified atom stereocenters. The maximum Gasteiger partial charge on any atom is 0.255 e. The van der Waals surface area contributed by atoms with E-state index in [0.29, 0.717) is 27.7 Å². The summed E-state index contributed by atoms with van der Waals surface area (Å²) in [6.07, 6.45) is 1.96. The van der Waals surface area contributed by atoms with Gasteiger partial charge in [-0.3, -0.25) is 4.79 Å². The average Bonchev–Trinajstić information content (AvgIpc) is 2.33. The van der Waals surface area contributed by atoms with Gasteiger partial charge in [0.1, 0.15) is 5.75 Å². The van der Waals surface area contributed by atoms with E-state index in [4.69, 9.17) is 16.3 Å². The molecule has 5 heteroatoms. The Kier molecular flexibility index (Phi) is 6.50. The van der Waals surface area contributed by atoms with Crippen LogP contribution in [0.25, 0.3) is 0 Å². The summed E-state index contributed by atoms with van der Waals surface area (Å²) in [6.45, 7) is 2.74. The van der Waals surface area contributed by atoms with Crippen LogP contribution in [0.2, 0.25) is 5.02 Å². The highest BCUT2D eigenvalue weighted by Crippen LogP contribution is 2.22. The highest BCUT2D eigenvalue weighted by Gasteiger charge is 2.11. The Labute approximate surface area is 121 Å². The quantitative estimate of drug-likeness (QED) is 0.637. The highest BCUT2D eigenvalue weighted by atomic mass is 79.9. The summed E-state index contributed by atoms with van der Waals surface area (Å²) < 4.78 is 5.14. The van der Waals surface area contributed by atoms with Gasteiger partial charge in [0.2, 0.25) is 0 Å². The molecular formula is C13H17BrClNO2. The van der Waals surface area contributed by atoms with E-state index in [-0.39, 0.29) is 5.91 Å². The molecule has 1 atom stereocenters. The number of carbonyl (C=O) groups excluding carboxylic acids is 1. The van der Waals surface area contributed by atoms with Gasteiger partial charge in [0.25, 0.3) is 5.91 Å². The molecule has 0 aromatic heterocycles. The van der Waals surface area contributed by atoms with Gasteiger partial charge in [-0.2, -0.15) is 0 Å². The summed E-state index contributed by atoms with van der Waals surface area (Å²) in [6, 6.07) is 4.99. The standard InChI is InChI=1S/C13H17BrClNO2/c1-9(14)4-3-7-16-13(17)11-6-5-10(15)8-12(11)18-2/h5-6,8-9H,3-4,7H2,1-2H3,(H,16,17). The smallest absolute Gasteiger partial charge is 0.255 e. The van der Waals surface area contributed by atoms with E-state index >= 15 is 0 Å². The molecule has 1 aromatic carbocycles. The number of hydrogen-bond acceptors (Lipinski definition) is 2. The summed E-state index contributed by atoms with van der Waals surface area (Å²) in [5, 5.41) is 3.42. The Morgan fingerprint density at radius 3 is 2.89 bits per heavy atom. The second-order valence-corrected chi connectivity index (χ2v) is 6.02. The fourth-order valence-electron chi connectivity index (χ4n) is 1.53. The molecule has 0 aliphatic carbocycles. The van der Waals surface area contributed by atoms with Crippen molar-refractivity contribution in [3.05, 3.63) is 28.8 Å². The second-order valence-electron chi connectivity index (χ2n) is 4.02. The van der Waals surface area contributed by atoms with E-state index in [1.54, 1.807) is 18.2 Å². The van der Waals surface area contributed by atoms with Crippen LogP contribution in [-0.4, -0.2) is 24.4 Å². The minimum atomic E-state index is -0.134. The monoisotopic (exact) mass is 333 g/mol. The van der Waals surface area contributed by atoms with Gasteiger partial charge in [-0.05, 0) is 31.0 Å². The van der Waals surface area contributed by atoms with Gasteiger partial charge in [-0.15, -0.1) is 0 Å². The molecule has 0 radical (unpaired) electrons. The molecule has 0 saturated heterocycles. The van der Waals surface area contributed by atoms with Crippen molar-refractivity contribution < 1.29 is 9.53 Å². The summed E-state index contributed by atoms with van der Waals surface area (Å²) in [7, 11) is 1.52. The molecule has 1 rings (SSSR count). The minimum Gasteiger partial charge on any atom is -0.496 e. The van der Waals surface area contributed by atoms with Crippen molar-refractivity contribution in [3.63, 3.8) is 0 Å². The summed E-state index contributed by atoms with van der Waals surface area (Å²) >= 11 is 9.31. The highest BCUT2D eigenvalue weighted by molar-refractivity contribution is 9.09. The molecule has 1 N–H and O–H groups in total. The number of rotatable bonds is 6. The van der Waals surface area contributed by atoms with Crippen LogP contribution in [0, 0.1) is 0 Å². The van der Waals surface area contributed by atoms with Crippen LogP contribution in [0.3, 0.4) is 0 Å². The molecule has 0 spiro atoms. The van der Waals surface area contributed by atoms with Crippen LogP contribution < -0.4 is 10.1 Å². The third kappa shape index (κ3) is 4.86. The Bertz CT molecular complexity index is 410. The zero-order valence-electron chi connectivity index (χ0n) is 10.5. The van der Waals surface area contributed by atoms with E-state index < -0.39 is 0 Å². The van der Waals surface area contributed by atoms with Crippen molar-refractivity contribution in [2.45, 2.75) is 24.6 Å². The zero-order valence-corrected chi connectivity index (χ0v) is 12.8. The molecule has 3 nitrogen and oxygen atoms in total. The second kappa shape index (κ2) is 7.64. The first kappa shape index (κ1) is 15.3. The Hall–Kier alpha value is -0.740. The lowest BCUT2D eigenvalue weighted by Crippen LogP contribution is -2.25. The van der Waals surface area contributed by atoms with Crippen LogP contribution in [-0.2, 0) is 0 Å². The zero-order chi connectivity index (χ0) is 13.5. The van der Waals surface area contributed by atoms with E-state index in [1.165, 1.54) is 7.11 Å². The van der Waals surface area contributed by atoms with Gasteiger partial charge in [-0.1, -0.05) is 34.5 Å². The molecule has 0 bridgehead atoms. The molecule has 100 valence electrons. The fourth-order valence-corrected chi connectivity index (χ4v) is 2.02. The number of alkyl halides is 1. The van der Waals surface area contributed by atoms with Gasteiger partial charge in [0, 0.05) is 16.4 Å². The van der Waals surface area contributed by atoms with Crippen molar-refractivity contribution >= 4 is 33.4 Å². The third-order valence-corrected chi connectivity index (χ3v) is 3.17. The lowest BCUT2D eigenvalue weighted by molar-refractivity contribution is 0.0950. The first-order chi connectivity index (χ1) is 8.54. The fraction of sp³-hybridized carbons (Fsp3) is 0.462. The van der Waals surface area contributed by atoms with E-state index in [2.05, 4.69) is 28.2 Å². The molecule has 0 fully saturated rings. The molecule has 18 heavy (non-hydrogen) atoms. The number of benzene rings is 1. The molecule has 0 heterocycles. The summed E-state index contributed by atoms with van der Waals surface area (Å²) in [5.74, 6) is 0.361. The molecule has 0 saturated carbocycles. The van der Waals surface area contributed by atoms with Crippen LogP contribution >= 0.6 is 27.5 Å². The molecular weight excluding hydrogens is 318 g/mol. The summed E-state index contributed by atoms with van der Waals surface area (Å²) in [5.41, 5.74) is 0.508. The Balaban J connectivity index is 2.56. The number of ether oxygens (including phenoxy) is 1. The maximum absolute atomic E-state index is 11.9. The van der Waals surface area contributed by atoms with E-state index in [0.717, 1.165) is 12.8 Å². The van der Waals surface area contributed by atoms with Gasteiger partial charge in [0.05, 0.1) is 12.7 Å². The Morgan fingerprint density at radius 2 is 2.28 bits per heavy atom. The normalized spacial score (nSPS) is 12.0. The van der Waals surface area contributed by atoms with Crippen LogP contribution in [0.5, 0.6) is 5.75 Å². The largest absolute Gasteiger partial charge is 0.496 e. The first-order valence-electron chi connectivity index (χ1n) is 5.80. The number of nitrogens with one attached hydrogen (secondary N) is 1. The van der Waals surface area contributed by atoms with E-state index in [1.807, 2.05) is 0 Å². The van der Waals surface area contributed by atoms with Gasteiger partial charge >= 0.3 is 0 Å². The maximum atomic E-state index is 11.9. The number of amides is 1. The number of hydrogen-bond donors (Lipinski definition) is 1. The van der Waals surface area contributed by atoms with Crippen LogP contribution in [0.4, 0.5) is 0 Å². The predicted molar refractivity (Wildman–Crippen MR) is 78.0 cm³/mol. The van der Waals surface area contributed by atoms with E-state index in [9.17, 15) is 4.79 Å². The summed E-state index contributed by atoms with van der Waals surface area (Å²) in [4.78, 5) is 12.4. The Morgan fingerprint density at radius 1 is 1.56 bits per heavy atom. The molecule has 1 amide bonds. The van der Waals surface area contributed by atoms with Crippen LogP contribution in [0.15, 0.2) is 18.2 Å². The number of methoxy groups -OCH3 is 1. The van der Waals surface area contributed by atoms with Crippen molar-refractivity contribution in [2.75, 3.05) is 13.7 Å². The first-order valence-corrected chi connectivity index (χ1v) is 7.09. The van der Waals surface area contributed by atoms with Gasteiger partial charge in [0.15, 0.2) is 0 Å². The molecule has 1 aromatic rings. The predicted octanol–water partition coefficient (Wildman–Crippen LogP) is 3.64. The van der Waals surface area contributed by atoms with Crippen molar-refractivity contribution in [3.8, 4) is 5.75 Å². The average molecular weight is 335 g/mol.